The zero-order chi connectivity index (χ0) is 15.1. The normalized spacial score (nSPS) is 10.2. The van der Waals surface area contributed by atoms with E-state index >= 15 is 0 Å². The van der Waals surface area contributed by atoms with Gasteiger partial charge in [0.15, 0.2) is 5.75 Å². The maximum atomic E-state index is 11.6. The van der Waals surface area contributed by atoms with E-state index in [0.29, 0.717) is 18.1 Å². The molecule has 0 saturated heterocycles. The largest absolute Gasteiger partial charge is 0.466 e. The number of carbonyl (C=O) groups excluding carboxylic acids is 2. The minimum absolute atomic E-state index is 0.0636. The van der Waals surface area contributed by atoms with Gasteiger partial charge in [-0.05, 0) is 25.5 Å². The highest BCUT2D eigenvalue weighted by atomic mass is 35.5. The van der Waals surface area contributed by atoms with Crippen molar-refractivity contribution in [2.75, 3.05) is 6.61 Å². The van der Waals surface area contributed by atoms with Gasteiger partial charge in [0.1, 0.15) is 0 Å². The maximum Gasteiger partial charge on any atom is 0.311 e. The van der Waals surface area contributed by atoms with E-state index in [1.165, 1.54) is 12.1 Å². The van der Waals surface area contributed by atoms with Crippen molar-refractivity contribution in [3.05, 3.63) is 27.2 Å². The van der Waals surface area contributed by atoms with Gasteiger partial charge in [0.25, 0.3) is 0 Å². The lowest BCUT2D eigenvalue weighted by Gasteiger charge is -2.08. The van der Waals surface area contributed by atoms with Crippen LogP contribution in [0.15, 0.2) is 12.1 Å². The molecule has 0 heterocycles. The van der Waals surface area contributed by atoms with Crippen molar-refractivity contribution in [2.24, 2.45) is 0 Å². The van der Waals surface area contributed by atoms with E-state index < -0.39 is 5.97 Å². The second-order valence-electron chi connectivity index (χ2n) is 3.83. The van der Waals surface area contributed by atoms with Crippen molar-refractivity contribution < 1.29 is 19.1 Å². The molecule has 0 aliphatic carbocycles. The number of benzene rings is 1. The lowest BCUT2D eigenvalue weighted by molar-refractivity contribution is -0.143. The summed E-state index contributed by atoms with van der Waals surface area (Å²) in [6.45, 7) is 2.04. The number of hydrogen-bond acceptors (Lipinski definition) is 4. The summed E-state index contributed by atoms with van der Waals surface area (Å²) in [7, 11) is 0. The Labute approximate surface area is 131 Å². The zero-order valence-electron chi connectivity index (χ0n) is 10.8. The molecule has 1 rings (SSSR count). The number of ether oxygens (including phenoxy) is 2. The van der Waals surface area contributed by atoms with Crippen LogP contribution in [-0.2, 0) is 14.3 Å². The lowest BCUT2D eigenvalue weighted by Crippen LogP contribution is -2.10. The second-order valence-corrected chi connectivity index (χ2v) is 5.08. The van der Waals surface area contributed by atoms with Crippen LogP contribution in [0.2, 0.25) is 15.1 Å². The minimum Gasteiger partial charge on any atom is -0.466 e. The Morgan fingerprint density at radius 2 is 1.60 bits per heavy atom. The fraction of sp³-hybridized carbons (Fsp3) is 0.385. The van der Waals surface area contributed by atoms with Crippen LogP contribution >= 0.6 is 34.8 Å². The van der Waals surface area contributed by atoms with E-state index in [2.05, 4.69) is 0 Å². The summed E-state index contributed by atoms with van der Waals surface area (Å²) in [6, 6.07) is 2.85. The van der Waals surface area contributed by atoms with Crippen molar-refractivity contribution in [3.8, 4) is 5.75 Å². The van der Waals surface area contributed by atoms with Gasteiger partial charge in [-0.25, -0.2) is 0 Å². The van der Waals surface area contributed by atoms with Gasteiger partial charge >= 0.3 is 11.9 Å². The maximum absolute atomic E-state index is 11.6. The second kappa shape index (κ2) is 8.35. The summed E-state index contributed by atoms with van der Waals surface area (Å²) < 4.78 is 9.80. The van der Waals surface area contributed by atoms with Crippen LogP contribution in [0.5, 0.6) is 5.75 Å². The highest BCUT2D eigenvalue weighted by Crippen LogP contribution is 2.36. The fourth-order valence-electron chi connectivity index (χ4n) is 1.40. The van der Waals surface area contributed by atoms with Gasteiger partial charge in [0.05, 0.1) is 16.7 Å². The summed E-state index contributed by atoms with van der Waals surface area (Å²) in [5.41, 5.74) is 0. The Morgan fingerprint density at radius 3 is 2.15 bits per heavy atom. The van der Waals surface area contributed by atoms with Crippen molar-refractivity contribution in [2.45, 2.75) is 26.2 Å². The molecule has 0 saturated carbocycles. The molecule has 4 nitrogen and oxygen atoms in total. The Hall–Kier alpha value is -0.970. The van der Waals surface area contributed by atoms with Gasteiger partial charge < -0.3 is 9.47 Å². The molecule has 0 aliphatic rings. The molecule has 0 aliphatic heterocycles. The molecule has 0 spiro atoms. The predicted octanol–water partition coefficient (Wildman–Crippen LogP) is 4.29. The Bertz CT molecular complexity index is 479. The van der Waals surface area contributed by atoms with Crippen LogP contribution in [0, 0.1) is 0 Å². The number of esters is 2. The Balaban J connectivity index is 2.49. The summed E-state index contributed by atoms with van der Waals surface area (Å²) in [5.74, 6) is -0.804. The number of hydrogen-bond donors (Lipinski definition) is 0. The van der Waals surface area contributed by atoms with Gasteiger partial charge in [-0.15, -0.1) is 0 Å². The van der Waals surface area contributed by atoms with Crippen molar-refractivity contribution in [1.82, 2.24) is 0 Å². The van der Waals surface area contributed by atoms with E-state index in [1.807, 2.05) is 0 Å². The fourth-order valence-corrected chi connectivity index (χ4v) is 2.30. The number of rotatable bonds is 6. The lowest BCUT2D eigenvalue weighted by atomic mass is 10.2. The van der Waals surface area contributed by atoms with E-state index in [1.54, 1.807) is 6.92 Å². The molecule has 110 valence electrons. The quantitative estimate of drug-likeness (QED) is 0.573. The zero-order valence-corrected chi connectivity index (χ0v) is 13.0. The highest BCUT2D eigenvalue weighted by molar-refractivity contribution is 6.40. The molecule has 1 aromatic carbocycles. The van der Waals surface area contributed by atoms with E-state index in [9.17, 15) is 9.59 Å². The Morgan fingerprint density at radius 1 is 1.05 bits per heavy atom. The molecule has 0 amide bonds. The standard InChI is InChI=1S/C13H13Cl3O4/c1-2-19-11(17)4-3-5-12(18)20-13-9(15)6-8(14)7-10(13)16/h6-7H,2-5H2,1H3. The van der Waals surface area contributed by atoms with Gasteiger partial charge in [0.2, 0.25) is 0 Å². The third-order valence-electron chi connectivity index (χ3n) is 2.25. The first kappa shape index (κ1) is 17.1. The average molecular weight is 340 g/mol. The summed E-state index contributed by atoms with van der Waals surface area (Å²) in [5, 5.41) is 0.657. The highest BCUT2D eigenvalue weighted by Gasteiger charge is 2.14. The van der Waals surface area contributed by atoms with Gasteiger partial charge in [-0.3, -0.25) is 9.59 Å². The van der Waals surface area contributed by atoms with Crippen molar-refractivity contribution in [1.29, 1.82) is 0 Å². The minimum atomic E-state index is -0.527. The molecule has 0 N–H and O–H groups in total. The summed E-state index contributed by atoms with van der Waals surface area (Å²) in [4.78, 5) is 22.7. The van der Waals surface area contributed by atoms with Crippen LogP contribution in [0.25, 0.3) is 0 Å². The molecular weight excluding hydrogens is 326 g/mol. The molecule has 0 bridgehead atoms. The molecule has 0 radical (unpaired) electrons. The first-order valence-corrected chi connectivity index (χ1v) is 7.08. The molecule has 7 heteroatoms. The van der Waals surface area contributed by atoms with Crippen molar-refractivity contribution >= 4 is 46.7 Å². The number of halogens is 3. The molecule has 0 atom stereocenters. The van der Waals surface area contributed by atoms with E-state index in [-0.39, 0.29) is 34.6 Å². The van der Waals surface area contributed by atoms with Crippen LogP contribution in [0.4, 0.5) is 0 Å². The third-order valence-corrected chi connectivity index (χ3v) is 3.03. The average Bonchev–Trinajstić information content (AvgIpc) is 2.34. The monoisotopic (exact) mass is 338 g/mol. The molecule has 0 unspecified atom stereocenters. The van der Waals surface area contributed by atoms with Crippen LogP contribution in [-0.4, -0.2) is 18.5 Å². The summed E-state index contributed by atoms with van der Waals surface area (Å²) in [6.07, 6.45) is 0.555. The smallest absolute Gasteiger partial charge is 0.311 e. The van der Waals surface area contributed by atoms with E-state index in [0.717, 1.165) is 0 Å². The molecular formula is C13H13Cl3O4. The van der Waals surface area contributed by atoms with Gasteiger partial charge in [-0.2, -0.15) is 0 Å². The van der Waals surface area contributed by atoms with Crippen LogP contribution in [0.3, 0.4) is 0 Å². The van der Waals surface area contributed by atoms with Crippen LogP contribution in [0.1, 0.15) is 26.2 Å². The first-order chi connectivity index (χ1) is 9.43. The molecule has 1 aromatic rings. The summed E-state index contributed by atoms with van der Waals surface area (Å²) >= 11 is 17.5. The number of carbonyl (C=O) groups is 2. The van der Waals surface area contributed by atoms with Crippen molar-refractivity contribution in [3.63, 3.8) is 0 Å². The molecule has 20 heavy (non-hydrogen) atoms. The van der Waals surface area contributed by atoms with Crippen LogP contribution < -0.4 is 4.74 Å². The first-order valence-electron chi connectivity index (χ1n) is 5.95. The van der Waals surface area contributed by atoms with Gasteiger partial charge in [-0.1, -0.05) is 34.8 Å². The van der Waals surface area contributed by atoms with E-state index in [4.69, 9.17) is 44.3 Å². The SMILES string of the molecule is CCOC(=O)CCCC(=O)Oc1c(Cl)cc(Cl)cc1Cl. The van der Waals surface area contributed by atoms with Gasteiger partial charge in [0, 0.05) is 17.9 Å². The Kier molecular flexibility index (Phi) is 7.13. The predicted molar refractivity (Wildman–Crippen MR) is 77.6 cm³/mol. The third kappa shape index (κ3) is 5.57. The molecule has 0 aromatic heterocycles. The molecule has 0 fully saturated rings. The topological polar surface area (TPSA) is 52.6 Å².